The van der Waals surface area contributed by atoms with Gasteiger partial charge in [0.2, 0.25) is 0 Å². The average molecular weight is 190 g/mol. The number of hydrogen-bond donors (Lipinski definition) is 0. The third-order valence-electron chi connectivity index (χ3n) is 2.82. The van der Waals surface area contributed by atoms with Crippen LogP contribution < -0.4 is 4.74 Å². The summed E-state index contributed by atoms with van der Waals surface area (Å²) in [5.41, 5.74) is 0.806. The lowest BCUT2D eigenvalue weighted by atomic mass is 10.1. The molecule has 0 radical (unpaired) electrons. The van der Waals surface area contributed by atoms with E-state index < -0.39 is 0 Å². The number of ether oxygens (including phenoxy) is 1. The van der Waals surface area contributed by atoms with Gasteiger partial charge >= 0.3 is 0 Å². The Bertz CT molecular complexity index is 340. The molecule has 1 aliphatic rings. The predicted molar refractivity (Wildman–Crippen MR) is 54.6 cm³/mol. The van der Waals surface area contributed by atoms with Crippen LogP contribution in [0.15, 0.2) is 24.3 Å². The van der Waals surface area contributed by atoms with E-state index in [1.165, 1.54) is 0 Å². The lowest BCUT2D eigenvalue weighted by molar-refractivity contribution is 0.0962. The fourth-order valence-corrected chi connectivity index (χ4v) is 1.66. The minimum Gasteiger partial charge on any atom is -0.497 e. The zero-order chi connectivity index (χ0) is 10.1. The topological polar surface area (TPSA) is 26.3 Å². The monoisotopic (exact) mass is 190 g/mol. The fourth-order valence-electron chi connectivity index (χ4n) is 1.66. The average Bonchev–Trinajstić information content (AvgIpc) is 2.95. The third kappa shape index (κ3) is 1.65. The van der Waals surface area contributed by atoms with E-state index in [1.54, 1.807) is 7.11 Å². The van der Waals surface area contributed by atoms with Crippen molar-refractivity contribution >= 4 is 5.78 Å². The molecule has 0 spiro atoms. The largest absolute Gasteiger partial charge is 0.497 e. The summed E-state index contributed by atoms with van der Waals surface area (Å²) in [5.74, 6) is 1.92. The van der Waals surface area contributed by atoms with Crippen LogP contribution in [0, 0.1) is 11.8 Å². The zero-order valence-corrected chi connectivity index (χ0v) is 8.49. The molecule has 0 unspecified atom stereocenters. The highest BCUT2D eigenvalue weighted by molar-refractivity contribution is 5.99. The Balaban J connectivity index is 2.13. The Morgan fingerprint density at radius 1 is 1.36 bits per heavy atom. The first kappa shape index (κ1) is 9.25. The number of ketones is 1. The summed E-state index contributed by atoms with van der Waals surface area (Å²) >= 11 is 0. The third-order valence-corrected chi connectivity index (χ3v) is 2.82. The van der Waals surface area contributed by atoms with E-state index in [0.717, 1.165) is 17.7 Å². The van der Waals surface area contributed by atoms with Crippen molar-refractivity contribution < 1.29 is 9.53 Å². The van der Waals surface area contributed by atoms with E-state index in [4.69, 9.17) is 4.74 Å². The molecule has 2 atom stereocenters. The van der Waals surface area contributed by atoms with Gasteiger partial charge in [-0.05, 0) is 36.6 Å². The molecule has 0 saturated heterocycles. The molecule has 1 fully saturated rings. The molecule has 0 bridgehead atoms. The quantitative estimate of drug-likeness (QED) is 0.684. The second kappa shape index (κ2) is 3.45. The lowest BCUT2D eigenvalue weighted by Crippen LogP contribution is -2.02. The number of benzene rings is 1. The summed E-state index contributed by atoms with van der Waals surface area (Å²) in [5, 5.41) is 0. The molecule has 0 N–H and O–H groups in total. The summed E-state index contributed by atoms with van der Waals surface area (Å²) in [6, 6.07) is 7.35. The van der Waals surface area contributed by atoms with E-state index in [-0.39, 0.29) is 11.7 Å². The van der Waals surface area contributed by atoms with Crippen LogP contribution in [0.5, 0.6) is 5.75 Å². The van der Waals surface area contributed by atoms with E-state index >= 15 is 0 Å². The number of rotatable bonds is 3. The van der Waals surface area contributed by atoms with Gasteiger partial charge in [-0.2, -0.15) is 0 Å². The van der Waals surface area contributed by atoms with E-state index in [0.29, 0.717) is 5.92 Å². The van der Waals surface area contributed by atoms with E-state index in [2.05, 4.69) is 6.92 Å². The van der Waals surface area contributed by atoms with Crippen LogP contribution in [-0.4, -0.2) is 12.9 Å². The van der Waals surface area contributed by atoms with E-state index in [1.807, 2.05) is 24.3 Å². The minimum absolute atomic E-state index is 0.267. The first-order chi connectivity index (χ1) is 6.72. The van der Waals surface area contributed by atoms with Gasteiger partial charge in [-0.3, -0.25) is 4.79 Å². The van der Waals surface area contributed by atoms with Crippen LogP contribution in [0.25, 0.3) is 0 Å². The van der Waals surface area contributed by atoms with Crippen molar-refractivity contribution in [2.45, 2.75) is 13.3 Å². The van der Waals surface area contributed by atoms with Crippen molar-refractivity contribution in [3.05, 3.63) is 29.8 Å². The van der Waals surface area contributed by atoms with E-state index in [9.17, 15) is 4.79 Å². The molecule has 74 valence electrons. The van der Waals surface area contributed by atoms with Crippen LogP contribution >= 0.6 is 0 Å². The molecule has 1 aromatic rings. The molecule has 2 nitrogen and oxygen atoms in total. The Labute approximate surface area is 83.9 Å². The number of carbonyl (C=O) groups is 1. The zero-order valence-electron chi connectivity index (χ0n) is 8.49. The van der Waals surface area contributed by atoms with Gasteiger partial charge < -0.3 is 4.74 Å². The molecule has 1 aromatic carbocycles. The van der Waals surface area contributed by atoms with Crippen molar-refractivity contribution in [3.8, 4) is 5.75 Å². The molecule has 2 heteroatoms. The first-order valence-electron chi connectivity index (χ1n) is 4.90. The normalized spacial score (nSPS) is 24.4. The lowest BCUT2D eigenvalue weighted by Gasteiger charge is -2.01. The second-order valence-corrected chi connectivity index (χ2v) is 3.91. The molecular formula is C12H14O2. The maximum Gasteiger partial charge on any atom is 0.166 e. The number of methoxy groups -OCH3 is 1. The molecule has 1 aliphatic carbocycles. The first-order valence-corrected chi connectivity index (χ1v) is 4.90. The van der Waals surface area contributed by atoms with Gasteiger partial charge in [0.1, 0.15) is 5.75 Å². The SMILES string of the molecule is COc1ccc(C(=O)[C@H]2C[C@@H]2C)cc1. The van der Waals surface area contributed by atoms with Crippen molar-refractivity contribution in [2.75, 3.05) is 7.11 Å². The van der Waals surface area contributed by atoms with Crippen molar-refractivity contribution in [3.63, 3.8) is 0 Å². The Hall–Kier alpha value is -1.31. The Morgan fingerprint density at radius 2 is 1.93 bits per heavy atom. The second-order valence-electron chi connectivity index (χ2n) is 3.91. The Morgan fingerprint density at radius 3 is 2.36 bits per heavy atom. The molecule has 0 aromatic heterocycles. The highest BCUT2D eigenvalue weighted by atomic mass is 16.5. The van der Waals surface area contributed by atoms with Crippen molar-refractivity contribution in [2.24, 2.45) is 11.8 Å². The van der Waals surface area contributed by atoms with Crippen LogP contribution in [0.3, 0.4) is 0 Å². The minimum atomic E-state index is 0.267. The molecule has 2 rings (SSSR count). The Kier molecular flexibility index (Phi) is 2.28. The van der Waals surface area contributed by atoms with Crippen molar-refractivity contribution in [1.29, 1.82) is 0 Å². The highest BCUT2D eigenvalue weighted by Crippen LogP contribution is 2.40. The summed E-state index contributed by atoms with van der Waals surface area (Å²) in [7, 11) is 1.62. The van der Waals surface area contributed by atoms with Gasteiger partial charge in [0.15, 0.2) is 5.78 Å². The van der Waals surface area contributed by atoms with Gasteiger partial charge in [-0.25, -0.2) is 0 Å². The van der Waals surface area contributed by atoms with Crippen LogP contribution in [-0.2, 0) is 0 Å². The smallest absolute Gasteiger partial charge is 0.166 e. The molecule has 14 heavy (non-hydrogen) atoms. The summed E-state index contributed by atoms with van der Waals surface area (Å²) in [4.78, 5) is 11.8. The molecule has 0 heterocycles. The highest BCUT2D eigenvalue weighted by Gasteiger charge is 2.39. The number of Topliss-reactive ketones (excluding diaryl/α,β-unsaturated/α-hetero) is 1. The fraction of sp³-hybridized carbons (Fsp3) is 0.417. The van der Waals surface area contributed by atoms with Gasteiger partial charge in [-0.1, -0.05) is 6.92 Å². The number of carbonyl (C=O) groups excluding carboxylic acids is 1. The summed E-state index contributed by atoms with van der Waals surface area (Å²) in [6.07, 6.45) is 1.05. The van der Waals surface area contributed by atoms with Gasteiger partial charge in [0.05, 0.1) is 7.11 Å². The maximum atomic E-state index is 11.8. The van der Waals surface area contributed by atoms with Gasteiger partial charge in [-0.15, -0.1) is 0 Å². The maximum absolute atomic E-state index is 11.8. The molecular weight excluding hydrogens is 176 g/mol. The van der Waals surface area contributed by atoms with Crippen LogP contribution in [0.4, 0.5) is 0 Å². The van der Waals surface area contributed by atoms with Crippen LogP contribution in [0.1, 0.15) is 23.7 Å². The number of hydrogen-bond acceptors (Lipinski definition) is 2. The summed E-state index contributed by atoms with van der Waals surface area (Å²) in [6.45, 7) is 2.12. The molecule has 1 saturated carbocycles. The van der Waals surface area contributed by atoms with Crippen LogP contribution in [0.2, 0.25) is 0 Å². The predicted octanol–water partition coefficient (Wildman–Crippen LogP) is 2.53. The van der Waals surface area contributed by atoms with Crippen molar-refractivity contribution in [1.82, 2.24) is 0 Å². The van der Waals surface area contributed by atoms with Gasteiger partial charge in [0.25, 0.3) is 0 Å². The van der Waals surface area contributed by atoms with Gasteiger partial charge in [0, 0.05) is 11.5 Å². The standard InChI is InChI=1S/C12H14O2/c1-8-7-11(8)12(13)9-3-5-10(14-2)6-4-9/h3-6,8,11H,7H2,1-2H3/t8-,11-/m0/s1. The molecule has 0 amide bonds. The summed E-state index contributed by atoms with van der Waals surface area (Å²) < 4.78 is 5.03. The molecule has 0 aliphatic heterocycles.